The Morgan fingerprint density at radius 2 is 1.93 bits per heavy atom. The molecule has 158 valence electrons. The Morgan fingerprint density at radius 1 is 1.07 bits per heavy atom. The topological polar surface area (TPSA) is 42.0 Å². The van der Waals surface area contributed by atoms with Crippen molar-refractivity contribution in [2.75, 3.05) is 32.8 Å². The van der Waals surface area contributed by atoms with E-state index in [0.29, 0.717) is 18.9 Å². The zero-order chi connectivity index (χ0) is 19.7. The number of hydrogen-bond donors (Lipinski definition) is 0. The van der Waals surface area contributed by atoms with Crippen molar-refractivity contribution in [2.24, 2.45) is 0 Å². The first-order chi connectivity index (χ1) is 14.2. The van der Waals surface area contributed by atoms with Crippen molar-refractivity contribution in [3.8, 4) is 11.5 Å². The van der Waals surface area contributed by atoms with E-state index in [1.807, 2.05) is 11.0 Å². The lowest BCUT2D eigenvalue weighted by Gasteiger charge is -2.48. The molecule has 1 aliphatic carbocycles. The van der Waals surface area contributed by atoms with E-state index in [1.54, 1.807) is 0 Å². The van der Waals surface area contributed by atoms with Crippen LogP contribution in [-0.2, 0) is 11.2 Å². The van der Waals surface area contributed by atoms with Gasteiger partial charge in [-0.2, -0.15) is 0 Å². The Bertz CT molecular complexity index is 738. The zero-order valence-electron chi connectivity index (χ0n) is 17.5. The van der Waals surface area contributed by atoms with Crippen molar-refractivity contribution < 1.29 is 14.3 Å². The molecule has 0 radical (unpaired) electrons. The molecule has 0 N–H and O–H groups in total. The third-order valence-electron chi connectivity index (χ3n) is 7.52. The van der Waals surface area contributed by atoms with E-state index in [0.717, 1.165) is 69.2 Å². The average molecular weight is 399 g/mol. The van der Waals surface area contributed by atoms with Gasteiger partial charge in [0.25, 0.3) is 0 Å². The molecule has 1 aromatic rings. The van der Waals surface area contributed by atoms with Crippen molar-refractivity contribution >= 4 is 5.91 Å². The maximum atomic E-state index is 11.7. The number of fused-ring (bicyclic) bond motifs is 1. The average Bonchev–Trinajstić information content (AvgIpc) is 3.11. The Kier molecular flexibility index (Phi) is 5.42. The largest absolute Gasteiger partial charge is 0.494 e. The van der Waals surface area contributed by atoms with Gasteiger partial charge in [-0.05, 0) is 75.1 Å². The van der Waals surface area contributed by atoms with Gasteiger partial charge in [-0.3, -0.25) is 4.79 Å². The molecule has 3 aliphatic heterocycles. The maximum absolute atomic E-state index is 11.7. The Hall–Kier alpha value is -1.75. The third-order valence-corrected chi connectivity index (χ3v) is 7.52. The number of aryl methyl sites for hydroxylation is 1. The van der Waals surface area contributed by atoms with E-state index in [9.17, 15) is 4.79 Å². The highest BCUT2D eigenvalue weighted by atomic mass is 16.5. The second kappa shape index (κ2) is 8.17. The van der Waals surface area contributed by atoms with Crippen molar-refractivity contribution in [2.45, 2.75) is 75.9 Å². The number of hydrogen-bond acceptors (Lipinski definition) is 4. The molecule has 1 amide bonds. The molecule has 0 unspecified atom stereocenters. The summed E-state index contributed by atoms with van der Waals surface area (Å²) in [5.41, 5.74) is 1.34. The van der Waals surface area contributed by atoms with Crippen LogP contribution >= 0.6 is 0 Å². The monoisotopic (exact) mass is 398 g/mol. The Morgan fingerprint density at radius 3 is 2.66 bits per heavy atom. The minimum Gasteiger partial charge on any atom is -0.494 e. The molecule has 1 saturated carbocycles. The number of likely N-dealkylation sites (tertiary alicyclic amines) is 2. The van der Waals surface area contributed by atoms with Gasteiger partial charge in [0.15, 0.2) is 0 Å². The molecule has 5 heteroatoms. The lowest BCUT2D eigenvalue weighted by Crippen LogP contribution is -2.53. The van der Waals surface area contributed by atoms with E-state index in [2.05, 4.69) is 17.0 Å². The highest BCUT2D eigenvalue weighted by Crippen LogP contribution is 2.41. The molecule has 3 heterocycles. The highest BCUT2D eigenvalue weighted by molar-refractivity contribution is 5.77. The van der Waals surface area contributed by atoms with Crippen molar-refractivity contribution in [3.05, 3.63) is 23.8 Å². The predicted molar refractivity (Wildman–Crippen MR) is 112 cm³/mol. The van der Waals surface area contributed by atoms with Gasteiger partial charge >= 0.3 is 0 Å². The van der Waals surface area contributed by atoms with Crippen molar-refractivity contribution in [1.29, 1.82) is 0 Å². The molecule has 1 aromatic carbocycles. The van der Waals surface area contributed by atoms with Crippen LogP contribution in [0.1, 0.15) is 63.4 Å². The summed E-state index contributed by atoms with van der Waals surface area (Å²) in [6, 6.07) is 7.16. The lowest BCUT2D eigenvalue weighted by atomic mass is 9.81. The molecule has 0 atom stereocenters. The number of amides is 1. The van der Waals surface area contributed by atoms with Crippen LogP contribution in [0.5, 0.6) is 11.5 Å². The quantitative estimate of drug-likeness (QED) is 0.684. The van der Waals surface area contributed by atoms with Gasteiger partial charge in [0, 0.05) is 38.6 Å². The first-order valence-electron chi connectivity index (χ1n) is 11.7. The fourth-order valence-corrected chi connectivity index (χ4v) is 5.37. The summed E-state index contributed by atoms with van der Waals surface area (Å²) in [5.74, 6) is 2.28. The Labute approximate surface area is 174 Å². The number of piperidine rings is 1. The van der Waals surface area contributed by atoms with Crippen LogP contribution in [0.2, 0.25) is 0 Å². The molecular weight excluding hydrogens is 364 g/mol. The normalized spacial score (nSPS) is 24.3. The van der Waals surface area contributed by atoms with E-state index in [4.69, 9.17) is 9.47 Å². The van der Waals surface area contributed by atoms with Crippen LogP contribution in [0.15, 0.2) is 18.2 Å². The zero-order valence-corrected chi connectivity index (χ0v) is 17.5. The molecule has 4 aliphatic rings. The van der Waals surface area contributed by atoms with Gasteiger partial charge < -0.3 is 19.3 Å². The fourth-order valence-electron chi connectivity index (χ4n) is 5.37. The van der Waals surface area contributed by atoms with Crippen molar-refractivity contribution in [3.63, 3.8) is 0 Å². The third kappa shape index (κ3) is 4.11. The number of ether oxygens (including phenoxy) is 2. The molecule has 3 fully saturated rings. The van der Waals surface area contributed by atoms with Crippen LogP contribution in [0.25, 0.3) is 0 Å². The maximum Gasteiger partial charge on any atom is 0.222 e. The standard InChI is InChI=1S/C24H34N2O3/c27-23-6-2-13-26(23)14-3-17-28-21-7-8-22-19(18-21)9-10-24(29-22)11-15-25(16-12-24)20-4-1-5-20/h7-8,18,20H,1-6,9-17H2. The van der Waals surface area contributed by atoms with Gasteiger partial charge in [0.1, 0.15) is 17.1 Å². The first-order valence-corrected chi connectivity index (χ1v) is 11.7. The van der Waals surface area contributed by atoms with Gasteiger partial charge in [0.2, 0.25) is 5.91 Å². The van der Waals surface area contributed by atoms with E-state index in [-0.39, 0.29) is 5.60 Å². The molecule has 0 bridgehead atoms. The van der Waals surface area contributed by atoms with Crippen molar-refractivity contribution in [1.82, 2.24) is 9.80 Å². The first kappa shape index (κ1) is 19.2. The molecule has 1 spiro atoms. The Balaban J connectivity index is 1.11. The number of carbonyl (C=O) groups is 1. The summed E-state index contributed by atoms with van der Waals surface area (Å²) in [6.07, 6.45) is 11.3. The minimum absolute atomic E-state index is 0.0535. The molecule has 2 saturated heterocycles. The van der Waals surface area contributed by atoms with Gasteiger partial charge in [-0.15, -0.1) is 0 Å². The second-order valence-electron chi connectivity index (χ2n) is 9.36. The number of nitrogens with zero attached hydrogens (tertiary/aromatic N) is 2. The molecule has 5 nitrogen and oxygen atoms in total. The smallest absolute Gasteiger partial charge is 0.222 e. The SMILES string of the molecule is O=C1CCCN1CCCOc1ccc2c(c1)CCC1(CCN(C3CCC3)CC1)O2. The van der Waals surface area contributed by atoms with E-state index in [1.165, 1.54) is 37.9 Å². The van der Waals surface area contributed by atoms with Crippen LogP contribution in [0, 0.1) is 0 Å². The number of carbonyl (C=O) groups excluding carboxylic acids is 1. The molecular formula is C24H34N2O3. The summed E-state index contributed by atoms with van der Waals surface area (Å²) in [6.45, 7) is 4.77. The molecule has 5 rings (SSSR count). The van der Waals surface area contributed by atoms with Gasteiger partial charge in [-0.1, -0.05) is 6.42 Å². The summed E-state index contributed by atoms with van der Waals surface area (Å²) in [4.78, 5) is 16.3. The van der Waals surface area contributed by atoms with Crippen LogP contribution in [0.3, 0.4) is 0 Å². The van der Waals surface area contributed by atoms with Crippen LogP contribution in [0.4, 0.5) is 0 Å². The molecule has 0 aromatic heterocycles. The summed E-state index contributed by atoms with van der Waals surface area (Å²) >= 11 is 0. The fraction of sp³-hybridized carbons (Fsp3) is 0.708. The predicted octanol–water partition coefficient (Wildman–Crippen LogP) is 3.79. The molecule has 29 heavy (non-hydrogen) atoms. The lowest BCUT2D eigenvalue weighted by molar-refractivity contribution is -0.127. The second-order valence-corrected chi connectivity index (χ2v) is 9.36. The number of benzene rings is 1. The van der Waals surface area contributed by atoms with Crippen LogP contribution in [-0.4, -0.2) is 60.1 Å². The minimum atomic E-state index is 0.0535. The van der Waals surface area contributed by atoms with Gasteiger partial charge in [0.05, 0.1) is 6.61 Å². The number of rotatable bonds is 6. The highest BCUT2D eigenvalue weighted by Gasteiger charge is 2.41. The summed E-state index contributed by atoms with van der Waals surface area (Å²) < 4.78 is 12.5. The van der Waals surface area contributed by atoms with E-state index < -0.39 is 0 Å². The van der Waals surface area contributed by atoms with Gasteiger partial charge in [-0.25, -0.2) is 0 Å². The summed E-state index contributed by atoms with van der Waals surface area (Å²) in [5, 5.41) is 0. The summed E-state index contributed by atoms with van der Waals surface area (Å²) in [7, 11) is 0. The van der Waals surface area contributed by atoms with Crippen LogP contribution < -0.4 is 9.47 Å². The van der Waals surface area contributed by atoms with E-state index >= 15 is 0 Å².